The Morgan fingerprint density at radius 2 is 2.10 bits per heavy atom. The average Bonchev–Trinajstić information content (AvgIpc) is 2.97. The number of aromatic nitrogens is 1. The Balaban J connectivity index is 1.80. The summed E-state index contributed by atoms with van der Waals surface area (Å²) in [5.74, 6) is 0.528. The van der Waals surface area contributed by atoms with Crippen LogP contribution in [0.2, 0.25) is 5.02 Å². The molecule has 0 spiro atoms. The minimum Gasteiger partial charge on any atom is -0.510 e. The van der Waals surface area contributed by atoms with E-state index in [2.05, 4.69) is 4.98 Å². The standard InChI is InChI=1S/C15H14ClN3OS/c1-9-8-21-15(18-9)13-12(20)7-19(14(13)17)6-10-2-4-11(16)5-3-10/h2-5,8,17,20H,6-7H2,1H3. The van der Waals surface area contributed by atoms with Gasteiger partial charge < -0.3 is 10.0 Å². The van der Waals surface area contributed by atoms with Crippen LogP contribution >= 0.6 is 22.9 Å². The fraction of sp³-hybridized carbons (Fsp3) is 0.200. The number of halogens is 1. The summed E-state index contributed by atoms with van der Waals surface area (Å²) in [5.41, 5.74) is 2.50. The number of aryl methyl sites for hydroxylation is 1. The smallest absolute Gasteiger partial charge is 0.135 e. The SMILES string of the molecule is Cc1csc(C2=C(O)CN(Cc3ccc(Cl)cc3)C2=N)n1. The van der Waals surface area contributed by atoms with Crippen molar-refractivity contribution in [2.45, 2.75) is 13.5 Å². The number of hydrogen-bond donors (Lipinski definition) is 2. The van der Waals surface area contributed by atoms with Crippen LogP contribution in [0.15, 0.2) is 35.4 Å². The summed E-state index contributed by atoms with van der Waals surface area (Å²) in [4.78, 5) is 6.19. The van der Waals surface area contributed by atoms with E-state index in [1.54, 1.807) is 0 Å². The largest absolute Gasteiger partial charge is 0.510 e. The second-order valence-electron chi connectivity index (χ2n) is 4.95. The average molecular weight is 320 g/mol. The number of nitrogens with one attached hydrogen (secondary N) is 1. The fourth-order valence-electron chi connectivity index (χ4n) is 2.27. The molecule has 1 aromatic heterocycles. The van der Waals surface area contributed by atoms with E-state index in [0.717, 1.165) is 11.3 Å². The summed E-state index contributed by atoms with van der Waals surface area (Å²) in [6.45, 7) is 2.81. The fourth-order valence-corrected chi connectivity index (χ4v) is 3.26. The zero-order valence-electron chi connectivity index (χ0n) is 11.4. The van der Waals surface area contributed by atoms with E-state index >= 15 is 0 Å². The minimum atomic E-state index is 0.211. The van der Waals surface area contributed by atoms with E-state index < -0.39 is 0 Å². The van der Waals surface area contributed by atoms with Crippen LogP contribution in [0.1, 0.15) is 16.3 Å². The number of rotatable bonds is 3. The molecule has 2 N–H and O–H groups in total. The van der Waals surface area contributed by atoms with E-state index in [9.17, 15) is 5.11 Å². The molecule has 4 nitrogen and oxygen atoms in total. The third kappa shape index (κ3) is 2.80. The first kappa shape index (κ1) is 14.1. The van der Waals surface area contributed by atoms with Crippen LogP contribution in [0.25, 0.3) is 5.57 Å². The van der Waals surface area contributed by atoms with Crippen LogP contribution in [-0.4, -0.2) is 27.4 Å². The maximum Gasteiger partial charge on any atom is 0.135 e. The van der Waals surface area contributed by atoms with Gasteiger partial charge >= 0.3 is 0 Å². The number of benzene rings is 1. The van der Waals surface area contributed by atoms with Gasteiger partial charge in [-0.1, -0.05) is 23.7 Å². The Morgan fingerprint density at radius 1 is 1.38 bits per heavy atom. The van der Waals surface area contributed by atoms with Crippen LogP contribution in [-0.2, 0) is 6.54 Å². The molecule has 0 bridgehead atoms. The monoisotopic (exact) mass is 319 g/mol. The van der Waals surface area contributed by atoms with Gasteiger partial charge in [0.1, 0.15) is 16.6 Å². The summed E-state index contributed by atoms with van der Waals surface area (Å²) in [6, 6.07) is 7.51. The molecule has 0 amide bonds. The predicted molar refractivity (Wildman–Crippen MR) is 86.0 cm³/mol. The first-order chi connectivity index (χ1) is 10.0. The molecule has 6 heteroatoms. The molecule has 1 aromatic carbocycles. The summed E-state index contributed by atoms with van der Waals surface area (Å²) >= 11 is 7.33. The molecule has 0 radical (unpaired) electrons. The molecule has 0 atom stereocenters. The van der Waals surface area contributed by atoms with Crippen LogP contribution in [0, 0.1) is 12.3 Å². The Kier molecular flexibility index (Phi) is 3.69. The van der Waals surface area contributed by atoms with Crippen molar-refractivity contribution in [3.63, 3.8) is 0 Å². The molecule has 0 aliphatic carbocycles. The van der Waals surface area contributed by atoms with Gasteiger partial charge in [-0.3, -0.25) is 5.41 Å². The lowest BCUT2D eigenvalue weighted by molar-refractivity contribution is 0.347. The quantitative estimate of drug-likeness (QED) is 0.903. The van der Waals surface area contributed by atoms with Gasteiger partial charge in [-0.2, -0.15) is 0 Å². The third-order valence-corrected chi connectivity index (χ3v) is 4.53. The molecule has 0 fully saturated rings. The summed E-state index contributed by atoms with van der Waals surface area (Å²) in [6.07, 6.45) is 0. The summed E-state index contributed by atoms with van der Waals surface area (Å²) in [5, 5.41) is 21.8. The third-order valence-electron chi connectivity index (χ3n) is 3.30. The van der Waals surface area contributed by atoms with Gasteiger partial charge in [0.25, 0.3) is 0 Å². The van der Waals surface area contributed by atoms with Crippen molar-refractivity contribution in [1.29, 1.82) is 5.41 Å². The number of hydrogen-bond acceptors (Lipinski definition) is 4. The maximum absolute atomic E-state index is 10.2. The molecular weight excluding hydrogens is 306 g/mol. The molecule has 0 unspecified atom stereocenters. The Hall–Kier alpha value is -1.85. The Morgan fingerprint density at radius 3 is 2.71 bits per heavy atom. The normalized spacial score (nSPS) is 15.1. The van der Waals surface area contributed by atoms with E-state index in [1.807, 2.05) is 41.5 Å². The molecule has 2 heterocycles. The van der Waals surface area contributed by atoms with Gasteiger partial charge in [-0.25, -0.2) is 4.98 Å². The van der Waals surface area contributed by atoms with Gasteiger partial charge in [0, 0.05) is 22.6 Å². The molecule has 1 aliphatic rings. The van der Waals surface area contributed by atoms with Crippen molar-refractivity contribution in [1.82, 2.24) is 9.88 Å². The molecule has 2 aromatic rings. The van der Waals surface area contributed by atoms with Gasteiger partial charge in [-0.15, -0.1) is 11.3 Å². The van der Waals surface area contributed by atoms with Gasteiger partial charge in [0.05, 0.1) is 12.1 Å². The van der Waals surface area contributed by atoms with E-state index in [4.69, 9.17) is 17.0 Å². The molecule has 3 rings (SSSR count). The minimum absolute atomic E-state index is 0.211. The second-order valence-corrected chi connectivity index (χ2v) is 6.24. The van der Waals surface area contributed by atoms with Crippen molar-refractivity contribution >= 4 is 34.3 Å². The molecular formula is C15H14ClN3OS. The van der Waals surface area contributed by atoms with Crippen molar-refractivity contribution in [3.05, 3.63) is 56.7 Å². The van der Waals surface area contributed by atoms with Gasteiger partial charge in [-0.05, 0) is 24.6 Å². The first-order valence-corrected chi connectivity index (χ1v) is 7.73. The topological polar surface area (TPSA) is 60.2 Å². The van der Waals surface area contributed by atoms with Crippen LogP contribution < -0.4 is 0 Å². The number of amidine groups is 1. The molecule has 108 valence electrons. The molecule has 1 aliphatic heterocycles. The highest BCUT2D eigenvalue weighted by Crippen LogP contribution is 2.30. The van der Waals surface area contributed by atoms with E-state index in [-0.39, 0.29) is 5.76 Å². The van der Waals surface area contributed by atoms with E-state index in [1.165, 1.54) is 11.3 Å². The Labute approximate surface area is 131 Å². The van der Waals surface area contributed by atoms with Crippen molar-refractivity contribution < 1.29 is 5.11 Å². The highest BCUT2D eigenvalue weighted by Gasteiger charge is 2.29. The highest BCUT2D eigenvalue weighted by atomic mass is 35.5. The highest BCUT2D eigenvalue weighted by molar-refractivity contribution is 7.11. The van der Waals surface area contributed by atoms with Crippen molar-refractivity contribution in [2.75, 3.05) is 6.54 Å². The molecule has 0 saturated heterocycles. The molecule has 0 saturated carbocycles. The summed E-state index contributed by atoms with van der Waals surface area (Å²) < 4.78 is 0. The number of thiazole rings is 1. The zero-order valence-corrected chi connectivity index (χ0v) is 13.0. The van der Waals surface area contributed by atoms with Gasteiger partial charge in [0.15, 0.2) is 0 Å². The number of aliphatic hydroxyl groups is 1. The van der Waals surface area contributed by atoms with Crippen LogP contribution in [0.4, 0.5) is 0 Å². The van der Waals surface area contributed by atoms with Crippen molar-refractivity contribution in [2.24, 2.45) is 0 Å². The van der Waals surface area contributed by atoms with Crippen LogP contribution in [0.3, 0.4) is 0 Å². The predicted octanol–water partition coefficient (Wildman–Crippen LogP) is 3.87. The lowest BCUT2D eigenvalue weighted by Crippen LogP contribution is -2.25. The first-order valence-electron chi connectivity index (χ1n) is 6.47. The second kappa shape index (κ2) is 5.50. The lowest BCUT2D eigenvalue weighted by atomic mass is 10.2. The summed E-state index contributed by atoms with van der Waals surface area (Å²) in [7, 11) is 0. The maximum atomic E-state index is 10.2. The number of aliphatic hydroxyl groups excluding tert-OH is 1. The van der Waals surface area contributed by atoms with E-state index in [0.29, 0.717) is 34.5 Å². The number of nitrogens with zero attached hydrogens (tertiary/aromatic N) is 2. The zero-order chi connectivity index (χ0) is 15.0. The lowest BCUT2D eigenvalue weighted by Gasteiger charge is -2.18. The molecule has 21 heavy (non-hydrogen) atoms. The van der Waals surface area contributed by atoms with Gasteiger partial charge in [0.2, 0.25) is 0 Å². The Bertz CT molecular complexity index is 721. The van der Waals surface area contributed by atoms with Crippen molar-refractivity contribution in [3.8, 4) is 0 Å². The van der Waals surface area contributed by atoms with Crippen LogP contribution in [0.5, 0.6) is 0 Å².